The average Bonchev–Trinajstić information content (AvgIpc) is 2.29. The molecule has 0 unspecified atom stereocenters. The number of ether oxygens (including phenoxy) is 3. The zero-order chi connectivity index (χ0) is 11.5. The molecular formula is C11H12BrClO3. The lowest BCUT2D eigenvalue weighted by Gasteiger charge is -2.22. The van der Waals surface area contributed by atoms with Gasteiger partial charge in [0.2, 0.25) is 0 Å². The van der Waals surface area contributed by atoms with E-state index in [1.807, 2.05) is 6.07 Å². The molecule has 0 saturated carbocycles. The number of fused-ring (bicyclic) bond motifs is 1. The quantitative estimate of drug-likeness (QED) is 0.801. The molecule has 0 fully saturated rings. The van der Waals surface area contributed by atoms with Crippen LogP contribution in [0.2, 0.25) is 5.02 Å². The highest BCUT2D eigenvalue weighted by Gasteiger charge is 2.21. The molecule has 88 valence electrons. The third kappa shape index (κ3) is 2.29. The first-order chi connectivity index (χ1) is 7.74. The first-order valence-corrected chi connectivity index (χ1v) is 6.16. The van der Waals surface area contributed by atoms with Gasteiger partial charge < -0.3 is 14.2 Å². The smallest absolute Gasteiger partial charge is 0.188 e. The van der Waals surface area contributed by atoms with E-state index in [2.05, 4.69) is 15.9 Å². The molecule has 3 nitrogen and oxygen atoms in total. The van der Waals surface area contributed by atoms with Gasteiger partial charge >= 0.3 is 0 Å². The summed E-state index contributed by atoms with van der Waals surface area (Å²) >= 11 is 9.57. The van der Waals surface area contributed by atoms with Crippen molar-refractivity contribution in [3.8, 4) is 11.5 Å². The summed E-state index contributed by atoms with van der Waals surface area (Å²) in [6.45, 7) is 0.888. The molecule has 0 spiro atoms. The lowest BCUT2D eigenvalue weighted by atomic mass is 10.1. The molecule has 1 aliphatic rings. The van der Waals surface area contributed by atoms with Crippen LogP contribution >= 0.6 is 27.5 Å². The van der Waals surface area contributed by atoms with Gasteiger partial charge in [0.1, 0.15) is 0 Å². The van der Waals surface area contributed by atoms with Crippen LogP contribution in [0.4, 0.5) is 0 Å². The first kappa shape index (κ1) is 12.0. The van der Waals surface area contributed by atoms with Crippen molar-refractivity contribution < 1.29 is 14.2 Å². The van der Waals surface area contributed by atoms with Crippen molar-refractivity contribution in [1.82, 2.24) is 0 Å². The molecule has 0 N–H and O–H groups in total. The maximum atomic E-state index is 6.16. The van der Waals surface area contributed by atoms with Gasteiger partial charge in [-0.25, -0.2) is 0 Å². The number of benzene rings is 1. The van der Waals surface area contributed by atoms with E-state index in [4.69, 9.17) is 25.8 Å². The third-order valence-corrected chi connectivity index (χ3v) is 3.30. The number of halogens is 2. The van der Waals surface area contributed by atoms with Gasteiger partial charge in [0.05, 0.1) is 11.1 Å². The second-order valence-electron chi connectivity index (χ2n) is 3.48. The number of hydrogen-bond acceptors (Lipinski definition) is 3. The van der Waals surface area contributed by atoms with Gasteiger partial charge in [-0.1, -0.05) is 11.6 Å². The third-order valence-electron chi connectivity index (χ3n) is 2.38. The molecule has 5 heteroatoms. The van der Waals surface area contributed by atoms with E-state index in [9.17, 15) is 0 Å². The molecule has 1 aliphatic heterocycles. The van der Waals surface area contributed by atoms with Crippen LogP contribution in [0, 0.1) is 0 Å². The molecular weight excluding hydrogens is 295 g/mol. The normalized spacial score (nSPS) is 14.2. The van der Waals surface area contributed by atoms with E-state index >= 15 is 0 Å². The molecule has 0 radical (unpaired) electrons. The molecule has 0 bridgehead atoms. The molecule has 0 atom stereocenters. The molecule has 0 aromatic heterocycles. The standard InChI is InChI=1S/C11H12BrClO3/c1-14-6-16-11-8(12)5-9(13)7-3-2-4-15-10(7)11/h5H,2-4,6H2,1H3. The average molecular weight is 308 g/mol. The molecule has 2 rings (SSSR count). The second kappa shape index (κ2) is 5.25. The van der Waals surface area contributed by atoms with Gasteiger partial charge in [-0.2, -0.15) is 0 Å². The minimum absolute atomic E-state index is 0.191. The molecule has 16 heavy (non-hydrogen) atoms. The maximum Gasteiger partial charge on any atom is 0.188 e. The molecule has 1 aromatic rings. The second-order valence-corrected chi connectivity index (χ2v) is 4.74. The summed E-state index contributed by atoms with van der Waals surface area (Å²) < 4.78 is 16.8. The lowest BCUT2D eigenvalue weighted by Crippen LogP contribution is -2.11. The topological polar surface area (TPSA) is 27.7 Å². The minimum Gasteiger partial charge on any atom is -0.489 e. The molecule has 1 heterocycles. The summed E-state index contributed by atoms with van der Waals surface area (Å²) in [6, 6.07) is 1.83. The van der Waals surface area contributed by atoms with Crippen molar-refractivity contribution in [2.75, 3.05) is 20.5 Å². The van der Waals surface area contributed by atoms with Gasteiger partial charge in [-0.05, 0) is 34.8 Å². The summed E-state index contributed by atoms with van der Waals surface area (Å²) in [7, 11) is 1.58. The summed E-state index contributed by atoms with van der Waals surface area (Å²) in [5, 5.41) is 0.714. The molecule has 1 aromatic carbocycles. The SMILES string of the molecule is COCOc1c(Br)cc(Cl)c2c1OCCC2. The van der Waals surface area contributed by atoms with Crippen molar-refractivity contribution in [3.63, 3.8) is 0 Å². The maximum absolute atomic E-state index is 6.16. The summed E-state index contributed by atoms with van der Waals surface area (Å²) in [4.78, 5) is 0. The zero-order valence-corrected chi connectivity index (χ0v) is 11.2. The Bertz CT molecular complexity index is 395. The molecule has 0 amide bonds. The Morgan fingerprint density at radius 3 is 3.12 bits per heavy atom. The lowest BCUT2D eigenvalue weighted by molar-refractivity contribution is 0.0475. The predicted molar refractivity (Wildman–Crippen MR) is 65.5 cm³/mol. The van der Waals surface area contributed by atoms with E-state index in [1.54, 1.807) is 7.11 Å². The van der Waals surface area contributed by atoms with Crippen LogP contribution < -0.4 is 9.47 Å². The Kier molecular flexibility index (Phi) is 3.95. The monoisotopic (exact) mass is 306 g/mol. The van der Waals surface area contributed by atoms with E-state index < -0.39 is 0 Å². The van der Waals surface area contributed by atoms with Crippen molar-refractivity contribution in [2.24, 2.45) is 0 Å². The van der Waals surface area contributed by atoms with E-state index in [-0.39, 0.29) is 6.79 Å². The van der Waals surface area contributed by atoms with E-state index in [1.165, 1.54) is 0 Å². The fourth-order valence-electron chi connectivity index (χ4n) is 1.68. The van der Waals surface area contributed by atoms with Crippen LogP contribution in [-0.2, 0) is 11.2 Å². The fourth-order valence-corrected chi connectivity index (χ4v) is 2.62. The highest BCUT2D eigenvalue weighted by Crippen LogP contribution is 2.44. The van der Waals surface area contributed by atoms with Crippen LogP contribution in [0.25, 0.3) is 0 Å². The Morgan fingerprint density at radius 2 is 2.38 bits per heavy atom. The van der Waals surface area contributed by atoms with Gasteiger partial charge in [0.25, 0.3) is 0 Å². The number of hydrogen-bond donors (Lipinski definition) is 0. The van der Waals surface area contributed by atoms with Crippen molar-refractivity contribution >= 4 is 27.5 Å². The number of rotatable bonds is 3. The van der Waals surface area contributed by atoms with Crippen molar-refractivity contribution in [1.29, 1.82) is 0 Å². The summed E-state index contributed by atoms with van der Waals surface area (Å²) in [5.74, 6) is 1.41. The van der Waals surface area contributed by atoms with Gasteiger partial charge in [-0.3, -0.25) is 0 Å². The van der Waals surface area contributed by atoms with Crippen LogP contribution in [-0.4, -0.2) is 20.5 Å². The highest BCUT2D eigenvalue weighted by molar-refractivity contribution is 9.10. The van der Waals surface area contributed by atoms with Crippen LogP contribution in [0.1, 0.15) is 12.0 Å². The van der Waals surface area contributed by atoms with Crippen molar-refractivity contribution in [2.45, 2.75) is 12.8 Å². The van der Waals surface area contributed by atoms with E-state index in [0.717, 1.165) is 28.6 Å². The summed E-state index contributed by atoms with van der Waals surface area (Å²) in [6.07, 6.45) is 1.91. The highest BCUT2D eigenvalue weighted by atomic mass is 79.9. The Morgan fingerprint density at radius 1 is 1.56 bits per heavy atom. The predicted octanol–water partition coefficient (Wildman–Crippen LogP) is 3.41. The summed E-state index contributed by atoms with van der Waals surface area (Å²) in [5.41, 5.74) is 1.02. The largest absolute Gasteiger partial charge is 0.489 e. The van der Waals surface area contributed by atoms with Crippen molar-refractivity contribution in [3.05, 3.63) is 21.1 Å². The Balaban J connectivity index is 2.41. The van der Waals surface area contributed by atoms with E-state index in [0.29, 0.717) is 17.4 Å². The first-order valence-electron chi connectivity index (χ1n) is 4.99. The Hall–Kier alpha value is -0.450. The number of methoxy groups -OCH3 is 1. The molecule has 0 aliphatic carbocycles. The fraction of sp³-hybridized carbons (Fsp3) is 0.455. The van der Waals surface area contributed by atoms with Gasteiger partial charge in [0, 0.05) is 17.7 Å². The van der Waals surface area contributed by atoms with Crippen LogP contribution in [0.15, 0.2) is 10.5 Å². The zero-order valence-electron chi connectivity index (χ0n) is 8.89. The van der Waals surface area contributed by atoms with Gasteiger partial charge in [-0.15, -0.1) is 0 Å². The molecule has 0 saturated heterocycles. The van der Waals surface area contributed by atoms with Crippen LogP contribution in [0.5, 0.6) is 11.5 Å². The van der Waals surface area contributed by atoms with Gasteiger partial charge in [0.15, 0.2) is 18.3 Å². The minimum atomic E-state index is 0.191. The Labute approximate surface area is 108 Å². The van der Waals surface area contributed by atoms with Crippen LogP contribution in [0.3, 0.4) is 0 Å².